The fourth-order valence-corrected chi connectivity index (χ4v) is 2.95. The first-order valence-corrected chi connectivity index (χ1v) is 8.09. The van der Waals surface area contributed by atoms with Crippen molar-refractivity contribution in [2.75, 3.05) is 6.61 Å². The van der Waals surface area contributed by atoms with Crippen LogP contribution in [0.3, 0.4) is 0 Å². The average molecular weight is 266 g/mol. The molecule has 0 bridgehead atoms. The van der Waals surface area contributed by atoms with Gasteiger partial charge >= 0.3 is 0 Å². The Morgan fingerprint density at radius 2 is 1.47 bits per heavy atom. The van der Waals surface area contributed by atoms with Crippen molar-refractivity contribution >= 4 is 10.1 Å². The third-order valence-electron chi connectivity index (χ3n) is 2.97. The standard InChI is InChI=1S/C12H26O4S/c1-2-9-12(17(14,15)16)10-7-5-3-4-6-8-11-13/h12-13H,2-11H2,1H3,(H,14,15,16). The molecular weight excluding hydrogens is 240 g/mol. The molecule has 104 valence electrons. The summed E-state index contributed by atoms with van der Waals surface area (Å²) in [4.78, 5) is 0. The van der Waals surface area contributed by atoms with Gasteiger partial charge in [-0.05, 0) is 19.3 Å². The normalized spacial score (nSPS) is 13.8. The summed E-state index contributed by atoms with van der Waals surface area (Å²) in [6.45, 7) is 2.18. The lowest BCUT2D eigenvalue weighted by molar-refractivity contribution is 0.282. The van der Waals surface area contributed by atoms with Crippen molar-refractivity contribution in [3.63, 3.8) is 0 Å². The predicted octanol–water partition coefficient (Wildman–Crippen LogP) is 2.77. The quantitative estimate of drug-likeness (QED) is 0.445. The average Bonchev–Trinajstić information content (AvgIpc) is 2.25. The van der Waals surface area contributed by atoms with Gasteiger partial charge in [-0.15, -0.1) is 0 Å². The van der Waals surface area contributed by atoms with Gasteiger partial charge in [0, 0.05) is 6.61 Å². The largest absolute Gasteiger partial charge is 0.396 e. The second kappa shape index (κ2) is 9.85. The van der Waals surface area contributed by atoms with Crippen molar-refractivity contribution in [3.8, 4) is 0 Å². The van der Waals surface area contributed by atoms with Gasteiger partial charge in [0.1, 0.15) is 0 Å². The van der Waals surface area contributed by atoms with E-state index in [2.05, 4.69) is 0 Å². The second-order valence-corrected chi connectivity index (χ2v) is 6.26. The molecule has 0 aliphatic heterocycles. The molecule has 0 amide bonds. The lowest BCUT2D eigenvalue weighted by Crippen LogP contribution is -2.20. The number of aliphatic hydroxyl groups is 1. The third kappa shape index (κ3) is 9.56. The Labute approximate surface area is 105 Å². The highest BCUT2D eigenvalue weighted by Crippen LogP contribution is 2.16. The van der Waals surface area contributed by atoms with Crippen LogP contribution in [0, 0.1) is 0 Å². The zero-order valence-electron chi connectivity index (χ0n) is 10.8. The molecule has 17 heavy (non-hydrogen) atoms. The highest BCUT2D eigenvalue weighted by molar-refractivity contribution is 7.86. The zero-order chi connectivity index (χ0) is 13.1. The maximum Gasteiger partial charge on any atom is 0.267 e. The molecule has 0 rings (SSSR count). The molecule has 0 aliphatic rings. The van der Waals surface area contributed by atoms with E-state index in [1.165, 1.54) is 0 Å². The molecule has 5 heteroatoms. The Balaban J connectivity index is 3.62. The number of hydrogen-bond acceptors (Lipinski definition) is 3. The monoisotopic (exact) mass is 266 g/mol. The first-order chi connectivity index (χ1) is 8.02. The first-order valence-electron chi connectivity index (χ1n) is 6.59. The van der Waals surface area contributed by atoms with E-state index >= 15 is 0 Å². The molecule has 0 aliphatic carbocycles. The van der Waals surface area contributed by atoms with Crippen LogP contribution < -0.4 is 0 Å². The topological polar surface area (TPSA) is 74.6 Å². The number of hydrogen-bond donors (Lipinski definition) is 2. The summed E-state index contributed by atoms with van der Waals surface area (Å²) >= 11 is 0. The van der Waals surface area contributed by atoms with Crippen molar-refractivity contribution in [3.05, 3.63) is 0 Å². The van der Waals surface area contributed by atoms with Crippen LogP contribution in [-0.4, -0.2) is 29.9 Å². The summed E-state index contributed by atoms with van der Waals surface area (Å²) in [6.07, 6.45) is 7.79. The molecule has 0 radical (unpaired) electrons. The van der Waals surface area contributed by atoms with E-state index in [1.807, 2.05) is 6.92 Å². The highest BCUT2D eigenvalue weighted by atomic mass is 32.2. The SMILES string of the molecule is CCCC(CCCCCCCCO)S(=O)(=O)O. The van der Waals surface area contributed by atoms with Crippen LogP contribution in [0.2, 0.25) is 0 Å². The Hall–Kier alpha value is -0.130. The minimum absolute atomic E-state index is 0.251. The Morgan fingerprint density at radius 1 is 0.941 bits per heavy atom. The van der Waals surface area contributed by atoms with E-state index in [4.69, 9.17) is 9.66 Å². The van der Waals surface area contributed by atoms with Gasteiger partial charge in [0.25, 0.3) is 10.1 Å². The Kier molecular flexibility index (Phi) is 9.78. The number of rotatable bonds is 11. The van der Waals surface area contributed by atoms with E-state index in [1.54, 1.807) is 0 Å². The summed E-state index contributed by atoms with van der Waals surface area (Å²) < 4.78 is 31.1. The lowest BCUT2D eigenvalue weighted by Gasteiger charge is -2.12. The Bertz CT molecular complexity index is 262. The summed E-state index contributed by atoms with van der Waals surface area (Å²) in [5.74, 6) is 0. The minimum Gasteiger partial charge on any atom is -0.396 e. The van der Waals surface area contributed by atoms with Gasteiger partial charge in [-0.1, -0.05) is 45.4 Å². The molecule has 4 nitrogen and oxygen atoms in total. The van der Waals surface area contributed by atoms with Crippen LogP contribution in [0.1, 0.15) is 64.7 Å². The smallest absolute Gasteiger partial charge is 0.267 e. The molecule has 0 spiro atoms. The molecule has 0 saturated carbocycles. The number of unbranched alkanes of at least 4 members (excludes halogenated alkanes) is 5. The van der Waals surface area contributed by atoms with Crippen molar-refractivity contribution in [1.82, 2.24) is 0 Å². The fraction of sp³-hybridized carbons (Fsp3) is 1.00. The third-order valence-corrected chi connectivity index (χ3v) is 4.28. The van der Waals surface area contributed by atoms with Crippen molar-refractivity contribution in [1.29, 1.82) is 0 Å². The van der Waals surface area contributed by atoms with Gasteiger partial charge in [-0.25, -0.2) is 0 Å². The first kappa shape index (κ1) is 16.9. The van der Waals surface area contributed by atoms with Crippen LogP contribution in [0.15, 0.2) is 0 Å². The predicted molar refractivity (Wildman–Crippen MR) is 69.6 cm³/mol. The lowest BCUT2D eigenvalue weighted by atomic mass is 10.1. The van der Waals surface area contributed by atoms with E-state index < -0.39 is 15.4 Å². The van der Waals surface area contributed by atoms with Gasteiger partial charge in [-0.3, -0.25) is 4.55 Å². The van der Waals surface area contributed by atoms with Crippen LogP contribution in [0.5, 0.6) is 0 Å². The summed E-state index contributed by atoms with van der Waals surface area (Å²) in [5, 5.41) is 8.02. The van der Waals surface area contributed by atoms with Gasteiger partial charge < -0.3 is 5.11 Å². The molecule has 1 unspecified atom stereocenters. The summed E-state index contributed by atoms with van der Waals surface area (Å²) in [5.41, 5.74) is 0. The van der Waals surface area contributed by atoms with Crippen molar-refractivity contribution < 1.29 is 18.1 Å². The fourth-order valence-electron chi connectivity index (χ4n) is 1.96. The summed E-state index contributed by atoms with van der Waals surface area (Å²) in [7, 11) is -3.86. The van der Waals surface area contributed by atoms with E-state index in [0.717, 1.165) is 44.9 Å². The molecule has 1 atom stereocenters. The molecular formula is C12H26O4S. The van der Waals surface area contributed by atoms with Gasteiger partial charge in [0.05, 0.1) is 5.25 Å². The maximum atomic E-state index is 11.1. The van der Waals surface area contributed by atoms with E-state index in [9.17, 15) is 8.42 Å². The molecule has 0 fully saturated rings. The second-order valence-electron chi connectivity index (χ2n) is 4.56. The molecule has 0 aromatic carbocycles. The molecule has 0 heterocycles. The van der Waals surface area contributed by atoms with Crippen LogP contribution >= 0.6 is 0 Å². The van der Waals surface area contributed by atoms with Crippen LogP contribution in [-0.2, 0) is 10.1 Å². The van der Waals surface area contributed by atoms with E-state index in [0.29, 0.717) is 12.8 Å². The van der Waals surface area contributed by atoms with Crippen LogP contribution in [0.25, 0.3) is 0 Å². The maximum absolute atomic E-state index is 11.1. The van der Waals surface area contributed by atoms with Crippen molar-refractivity contribution in [2.24, 2.45) is 0 Å². The van der Waals surface area contributed by atoms with Gasteiger partial charge in [0.15, 0.2) is 0 Å². The van der Waals surface area contributed by atoms with Gasteiger partial charge in [0.2, 0.25) is 0 Å². The zero-order valence-corrected chi connectivity index (χ0v) is 11.6. The van der Waals surface area contributed by atoms with E-state index in [-0.39, 0.29) is 6.61 Å². The van der Waals surface area contributed by atoms with Crippen LogP contribution in [0.4, 0.5) is 0 Å². The summed E-state index contributed by atoms with van der Waals surface area (Å²) in [6, 6.07) is 0. The molecule has 0 aromatic rings. The molecule has 0 saturated heterocycles. The minimum atomic E-state index is -3.86. The highest BCUT2D eigenvalue weighted by Gasteiger charge is 2.20. The van der Waals surface area contributed by atoms with Crippen molar-refractivity contribution in [2.45, 2.75) is 70.0 Å². The number of aliphatic hydroxyl groups excluding tert-OH is 1. The molecule has 0 aromatic heterocycles. The Morgan fingerprint density at radius 3 is 1.94 bits per heavy atom. The van der Waals surface area contributed by atoms with Gasteiger partial charge in [-0.2, -0.15) is 8.42 Å². The molecule has 2 N–H and O–H groups in total.